The lowest BCUT2D eigenvalue weighted by Crippen LogP contribution is -2.35. The van der Waals surface area contributed by atoms with Gasteiger partial charge in [0.1, 0.15) is 5.69 Å². The van der Waals surface area contributed by atoms with Gasteiger partial charge in [-0.25, -0.2) is 4.79 Å². The highest BCUT2D eigenvalue weighted by Gasteiger charge is 2.07. The highest BCUT2D eigenvalue weighted by Crippen LogP contribution is 2.19. The van der Waals surface area contributed by atoms with Crippen molar-refractivity contribution in [3.05, 3.63) is 42.1 Å². The predicted molar refractivity (Wildman–Crippen MR) is 79.0 cm³/mol. The molecule has 0 fully saturated rings. The Labute approximate surface area is 127 Å². The Morgan fingerprint density at radius 3 is 2.68 bits per heavy atom. The second-order valence-corrected chi connectivity index (χ2v) is 4.66. The molecule has 2 amide bonds. The third-order valence-electron chi connectivity index (χ3n) is 2.90. The number of carboxylic acid groups (broad SMARTS) is 1. The third kappa shape index (κ3) is 4.93. The zero-order valence-electron chi connectivity index (χ0n) is 11.9. The highest BCUT2D eigenvalue weighted by molar-refractivity contribution is 5.74. The van der Waals surface area contributed by atoms with Crippen molar-refractivity contribution in [1.82, 2.24) is 15.8 Å². The minimum atomic E-state index is -0.877. The summed E-state index contributed by atoms with van der Waals surface area (Å²) in [6, 6.07) is 10.9. The van der Waals surface area contributed by atoms with Crippen molar-refractivity contribution in [3.8, 4) is 11.3 Å². The summed E-state index contributed by atoms with van der Waals surface area (Å²) in [6.45, 7) is 0.549. The second kappa shape index (κ2) is 7.82. The molecule has 116 valence electrons. The number of nitrogens with zero attached hydrogens (tertiary/aromatic N) is 1. The number of amides is 2. The number of carbonyl (C=O) groups excluding carboxylic acids is 1. The first kappa shape index (κ1) is 15.6. The summed E-state index contributed by atoms with van der Waals surface area (Å²) in [5.41, 5.74) is 1.53. The zero-order valence-corrected chi connectivity index (χ0v) is 11.9. The molecular formula is C15H17N3O4. The fraction of sp³-hybridized carbons (Fsp3) is 0.267. The molecule has 7 nitrogen and oxygen atoms in total. The van der Waals surface area contributed by atoms with Crippen LogP contribution >= 0.6 is 0 Å². The Morgan fingerprint density at radius 2 is 1.95 bits per heavy atom. The number of nitrogens with one attached hydrogen (secondary N) is 2. The van der Waals surface area contributed by atoms with E-state index >= 15 is 0 Å². The van der Waals surface area contributed by atoms with Gasteiger partial charge in [-0.1, -0.05) is 35.5 Å². The van der Waals surface area contributed by atoms with Crippen molar-refractivity contribution in [3.63, 3.8) is 0 Å². The normalized spacial score (nSPS) is 10.2. The number of hydrogen-bond donors (Lipinski definition) is 3. The van der Waals surface area contributed by atoms with Crippen LogP contribution in [0.5, 0.6) is 0 Å². The van der Waals surface area contributed by atoms with Gasteiger partial charge in [-0.2, -0.15) is 0 Å². The molecule has 0 spiro atoms. The molecular weight excluding hydrogens is 286 g/mol. The maximum Gasteiger partial charge on any atom is 0.315 e. The Bertz CT molecular complexity index is 625. The summed E-state index contributed by atoms with van der Waals surface area (Å²) in [5, 5.41) is 17.6. The van der Waals surface area contributed by atoms with Crippen LogP contribution < -0.4 is 10.6 Å². The molecule has 22 heavy (non-hydrogen) atoms. The minimum Gasteiger partial charge on any atom is -0.481 e. The Morgan fingerprint density at radius 1 is 1.18 bits per heavy atom. The molecule has 7 heteroatoms. The van der Waals surface area contributed by atoms with Gasteiger partial charge in [0.05, 0.1) is 6.54 Å². The van der Waals surface area contributed by atoms with E-state index in [1.54, 1.807) is 6.07 Å². The van der Waals surface area contributed by atoms with Crippen molar-refractivity contribution >= 4 is 12.0 Å². The molecule has 1 aromatic heterocycles. The standard InChI is InChI=1S/C15H17N3O4/c19-14(20)7-4-8-16-15(21)17-10-12-9-13(22-18-12)11-5-2-1-3-6-11/h1-3,5-6,9H,4,7-8,10H2,(H,19,20)(H2,16,17,21). The van der Waals surface area contributed by atoms with Crippen LogP contribution in [0.4, 0.5) is 4.79 Å². The van der Waals surface area contributed by atoms with E-state index in [-0.39, 0.29) is 19.0 Å². The van der Waals surface area contributed by atoms with Gasteiger partial charge in [0.2, 0.25) is 0 Å². The summed E-state index contributed by atoms with van der Waals surface area (Å²) in [5.74, 6) is -0.238. The molecule has 0 saturated heterocycles. The molecule has 2 rings (SSSR count). The Balaban J connectivity index is 1.74. The lowest BCUT2D eigenvalue weighted by atomic mass is 10.2. The van der Waals surface area contributed by atoms with Crippen LogP contribution in [0.25, 0.3) is 11.3 Å². The van der Waals surface area contributed by atoms with Gasteiger partial charge in [0, 0.05) is 24.6 Å². The monoisotopic (exact) mass is 303 g/mol. The molecule has 0 aliphatic heterocycles. The molecule has 0 aliphatic carbocycles. The molecule has 0 aliphatic rings. The quantitative estimate of drug-likeness (QED) is 0.679. The lowest BCUT2D eigenvalue weighted by Gasteiger charge is -2.04. The SMILES string of the molecule is O=C(O)CCCNC(=O)NCc1cc(-c2ccccc2)on1. The average molecular weight is 303 g/mol. The number of aromatic nitrogens is 1. The third-order valence-corrected chi connectivity index (χ3v) is 2.90. The number of carbonyl (C=O) groups is 2. The van der Waals surface area contributed by atoms with Gasteiger partial charge in [0.25, 0.3) is 0 Å². The van der Waals surface area contributed by atoms with Crippen molar-refractivity contribution in [2.45, 2.75) is 19.4 Å². The molecule has 0 radical (unpaired) electrons. The smallest absolute Gasteiger partial charge is 0.315 e. The fourth-order valence-electron chi connectivity index (χ4n) is 1.81. The van der Waals surface area contributed by atoms with Crippen LogP contribution in [-0.2, 0) is 11.3 Å². The predicted octanol–water partition coefficient (Wildman–Crippen LogP) is 2.01. The van der Waals surface area contributed by atoms with Crippen molar-refractivity contribution < 1.29 is 19.2 Å². The lowest BCUT2D eigenvalue weighted by molar-refractivity contribution is -0.137. The number of carboxylic acids is 1. The molecule has 1 heterocycles. The summed E-state index contributed by atoms with van der Waals surface area (Å²) in [7, 11) is 0. The first-order chi connectivity index (χ1) is 10.6. The number of benzene rings is 1. The van der Waals surface area contributed by atoms with Crippen LogP contribution in [0, 0.1) is 0 Å². The van der Waals surface area contributed by atoms with Crippen molar-refractivity contribution in [2.75, 3.05) is 6.54 Å². The van der Waals surface area contributed by atoms with Crippen LogP contribution in [0.1, 0.15) is 18.5 Å². The van der Waals surface area contributed by atoms with Crippen LogP contribution in [-0.4, -0.2) is 28.8 Å². The second-order valence-electron chi connectivity index (χ2n) is 4.66. The molecule has 0 saturated carbocycles. The van der Waals surface area contributed by atoms with Gasteiger partial charge in [-0.05, 0) is 6.42 Å². The van der Waals surface area contributed by atoms with Gasteiger partial charge in [0.15, 0.2) is 5.76 Å². The van der Waals surface area contributed by atoms with Crippen LogP contribution in [0.3, 0.4) is 0 Å². The van der Waals surface area contributed by atoms with Crippen molar-refractivity contribution in [2.24, 2.45) is 0 Å². The number of urea groups is 1. The number of hydrogen-bond acceptors (Lipinski definition) is 4. The molecule has 0 bridgehead atoms. The van der Waals surface area contributed by atoms with Crippen LogP contribution in [0.2, 0.25) is 0 Å². The molecule has 0 atom stereocenters. The summed E-state index contributed by atoms with van der Waals surface area (Å²) in [6.07, 6.45) is 0.425. The maximum absolute atomic E-state index is 11.5. The van der Waals surface area contributed by atoms with Gasteiger partial charge in [-0.15, -0.1) is 0 Å². The Hall–Kier alpha value is -2.83. The van der Waals surface area contributed by atoms with E-state index in [4.69, 9.17) is 9.63 Å². The molecule has 0 unspecified atom stereocenters. The molecule has 2 aromatic rings. The van der Waals surface area contributed by atoms with Gasteiger partial charge < -0.3 is 20.3 Å². The summed E-state index contributed by atoms with van der Waals surface area (Å²) < 4.78 is 5.22. The van der Waals surface area contributed by atoms with E-state index in [1.165, 1.54) is 0 Å². The first-order valence-corrected chi connectivity index (χ1v) is 6.89. The van der Waals surface area contributed by atoms with E-state index in [2.05, 4.69) is 15.8 Å². The van der Waals surface area contributed by atoms with E-state index < -0.39 is 5.97 Å². The Kier molecular flexibility index (Phi) is 5.53. The summed E-state index contributed by atoms with van der Waals surface area (Å²) >= 11 is 0. The highest BCUT2D eigenvalue weighted by atomic mass is 16.5. The number of aliphatic carboxylic acids is 1. The van der Waals surface area contributed by atoms with Gasteiger partial charge >= 0.3 is 12.0 Å². The molecule has 1 aromatic carbocycles. The zero-order chi connectivity index (χ0) is 15.8. The maximum atomic E-state index is 11.5. The number of rotatable bonds is 7. The van der Waals surface area contributed by atoms with Crippen LogP contribution in [0.15, 0.2) is 40.9 Å². The fourth-order valence-corrected chi connectivity index (χ4v) is 1.81. The average Bonchev–Trinajstić information content (AvgIpc) is 2.99. The van der Waals surface area contributed by atoms with E-state index in [0.717, 1.165) is 5.56 Å². The van der Waals surface area contributed by atoms with E-state index in [1.807, 2.05) is 30.3 Å². The first-order valence-electron chi connectivity index (χ1n) is 6.89. The largest absolute Gasteiger partial charge is 0.481 e. The summed E-state index contributed by atoms with van der Waals surface area (Å²) in [4.78, 5) is 21.8. The topological polar surface area (TPSA) is 104 Å². The van der Waals surface area contributed by atoms with E-state index in [9.17, 15) is 9.59 Å². The molecule has 3 N–H and O–H groups in total. The van der Waals surface area contributed by atoms with Gasteiger partial charge in [-0.3, -0.25) is 4.79 Å². The minimum absolute atomic E-state index is 0.0317. The van der Waals surface area contributed by atoms with Crippen molar-refractivity contribution in [1.29, 1.82) is 0 Å². The van der Waals surface area contributed by atoms with E-state index in [0.29, 0.717) is 24.4 Å².